The minimum atomic E-state index is -1.73. The highest BCUT2D eigenvalue weighted by Gasteiger charge is 2.54. The van der Waals surface area contributed by atoms with E-state index in [-0.39, 0.29) is 23.2 Å². The average Bonchev–Trinajstić information content (AvgIpc) is 3.01. The van der Waals surface area contributed by atoms with Crippen LogP contribution in [0, 0.1) is 5.41 Å². The minimum absolute atomic E-state index is 0.144. The third-order valence-electron chi connectivity index (χ3n) is 5.61. The molecule has 0 bridgehead atoms. The van der Waals surface area contributed by atoms with Gasteiger partial charge in [-0.2, -0.15) is 0 Å². The monoisotopic (exact) mass is 421 g/mol. The first-order chi connectivity index (χ1) is 14.6. The SMILES string of the molecule is CC(C1=C(O)C(CCc2ccccc2)(C(=O)NCC(C)(C)C)OC1=O)c1ccccc1. The van der Waals surface area contributed by atoms with E-state index >= 15 is 0 Å². The van der Waals surface area contributed by atoms with Gasteiger partial charge in [0.15, 0.2) is 5.76 Å². The number of aryl methyl sites for hydroxylation is 1. The van der Waals surface area contributed by atoms with Crippen molar-refractivity contribution in [2.75, 3.05) is 6.54 Å². The van der Waals surface area contributed by atoms with Crippen LogP contribution in [0.5, 0.6) is 0 Å². The Morgan fingerprint density at radius 3 is 2.23 bits per heavy atom. The Kier molecular flexibility index (Phi) is 6.54. The van der Waals surface area contributed by atoms with Gasteiger partial charge in [-0.15, -0.1) is 0 Å². The molecule has 5 heteroatoms. The number of carbonyl (C=O) groups excluding carboxylic acids is 2. The summed E-state index contributed by atoms with van der Waals surface area (Å²) in [6.45, 7) is 8.24. The Morgan fingerprint density at radius 2 is 1.65 bits per heavy atom. The average molecular weight is 422 g/mol. The van der Waals surface area contributed by atoms with E-state index in [1.807, 2.05) is 88.4 Å². The van der Waals surface area contributed by atoms with Crippen LogP contribution in [0.25, 0.3) is 0 Å². The number of hydrogen-bond donors (Lipinski definition) is 2. The molecule has 0 aromatic heterocycles. The van der Waals surface area contributed by atoms with E-state index < -0.39 is 23.4 Å². The van der Waals surface area contributed by atoms with E-state index in [1.165, 1.54) is 0 Å². The lowest BCUT2D eigenvalue weighted by atomic mass is 9.86. The lowest BCUT2D eigenvalue weighted by Crippen LogP contribution is -2.51. The molecule has 1 aliphatic heterocycles. The number of amides is 1. The van der Waals surface area contributed by atoms with Gasteiger partial charge in [-0.1, -0.05) is 88.4 Å². The standard InChI is InChI=1S/C26H31NO4/c1-18(20-13-9-6-10-14-20)21-22(28)26(31-23(21)29,24(30)27-17-25(2,3)4)16-15-19-11-7-5-8-12-19/h5-14,18,28H,15-17H2,1-4H3,(H,27,30). The maximum atomic E-state index is 13.3. The summed E-state index contributed by atoms with van der Waals surface area (Å²) in [6, 6.07) is 19.1. The van der Waals surface area contributed by atoms with E-state index in [0.29, 0.717) is 13.0 Å². The molecule has 1 heterocycles. The van der Waals surface area contributed by atoms with Crippen LogP contribution in [0.2, 0.25) is 0 Å². The van der Waals surface area contributed by atoms with Crippen molar-refractivity contribution in [2.24, 2.45) is 5.41 Å². The fourth-order valence-electron chi connectivity index (χ4n) is 3.76. The Labute approximate surface area is 184 Å². The van der Waals surface area contributed by atoms with Gasteiger partial charge in [0.05, 0.1) is 5.57 Å². The van der Waals surface area contributed by atoms with Crippen molar-refractivity contribution >= 4 is 11.9 Å². The minimum Gasteiger partial charge on any atom is -0.507 e. The molecule has 2 atom stereocenters. The molecule has 3 rings (SSSR count). The van der Waals surface area contributed by atoms with E-state index in [4.69, 9.17) is 4.74 Å². The van der Waals surface area contributed by atoms with Crippen LogP contribution < -0.4 is 5.32 Å². The molecular formula is C26H31NO4. The number of nitrogens with one attached hydrogen (secondary N) is 1. The van der Waals surface area contributed by atoms with Gasteiger partial charge < -0.3 is 15.2 Å². The van der Waals surface area contributed by atoms with Gasteiger partial charge in [-0.05, 0) is 23.0 Å². The summed E-state index contributed by atoms with van der Waals surface area (Å²) in [4.78, 5) is 26.2. The lowest BCUT2D eigenvalue weighted by molar-refractivity contribution is -0.160. The molecule has 2 aromatic carbocycles. The van der Waals surface area contributed by atoms with Gasteiger partial charge >= 0.3 is 5.97 Å². The molecule has 0 spiro atoms. The Balaban J connectivity index is 1.97. The first kappa shape index (κ1) is 22.6. The number of ether oxygens (including phenoxy) is 1. The molecule has 1 amide bonds. The molecule has 1 aliphatic rings. The van der Waals surface area contributed by atoms with Crippen molar-refractivity contribution in [2.45, 2.75) is 52.1 Å². The fraction of sp³-hybridized carbons (Fsp3) is 0.385. The molecule has 0 aliphatic carbocycles. The number of esters is 1. The molecule has 31 heavy (non-hydrogen) atoms. The van der Waals surface area contributed by atoms with Gasteiger partial charge in [0, 0.05) is 18.9 Å². The number of cyclic esters (lactones) is 1. The second-order valence-corrected chi connectivity index (χ2v) is 9.34. The molecular weight excluding hydrogens is 390 g/mol. The maximum absolute atomic E-state index is 13.3. The molecule has 164 valence electrons. The van der Waals surface area contributed by atoms with Crippen molar-refractivity contribution in [3.8, 4) is 0 Å². The number of carbonyl (C=O) groups is 2. The van der Waals surface area contributed by atoms with Crippen LogP contribution in [-0.2, 0) is 20.7 Å². The van der Waals surface area contributed by atoms with Crippen LogP contribution in [0.4, 0.5) is 0 Å². The smallest absolute Gasteiger partial charge is 0.339 e. The van der Waals surface area contributed by atoms with Crippen LogP contribution in [0.15, 0.2) is 72.0 Å². The van der Waals surface area contributed by atoms with Gasteiger partial charge in [-0.3, -0.25) is 4.79 Å². The second kappa shape index (κ2) is 8.96. The van der Waals surface area contributed by atoms with Crippen molar-refractivity contribution in [1.82, 2.24) is 5.32 Å². The number of benzene rings is 2. The third-order valence-corrected chi connectivity index (χ3v) is 5.61. The summed E-state index contributed by atoms with van der Waals surface area (Å²) in [6.07, 6.45) is 0.643. The van der Waals surface area contributed by atoms with Gasteiger partial charge in [0.25, 0.3) is 5.91 Å². The van der Waals surface area contributed by atoms with E-state index in [2.05, 4.69) is 5.32 Å². The molecule has 5 nitrogen and oxygen atoms in total. The summed E-state index contributed by atoms with van der Waals surface area (Å²) < 4.78 is 5.69. The Bertz CT molecular complexity index is 960. The Morgan fingerprint density at radius 1 is 1.06 bits per heavy atom. The zero-order valence-corrected chi connectivity index (χ0v) is 18.6. The number of aliphatic hydroxyl groups is 1. The fourth-order valence-corrected chi connectivity index (χ4v) is 3.76. The highest BCUT2D eigenvalue weighted by molar-refractivity contribution is 6.02. The molecule has 0 saturated heterocycles. The summed E-state index contributed by atoms with van der Waals surface area (Å²) in [5, 5.41) is 14.1. The van der Waals surface area contributed by atoms with E-state index in [0.717, 1.165) is 11.1 Å². The van der Waals surface area contributed by atoms with Gasteiger partial charge in [-0.25, -0.2) is 4.79 Å². The van der Waals surface area contributed by atoms with E-state index in [9.17, 15) is 14.7 Å². The second-order valence-electron chi connectivity index (χ2n) is 9.34. The molecule has 0 saturated carbocycles. The number of aliphatic hydroxyl groups excluding tert-OH is 1. The maximum Gasteiger partial charge on any atom is 0.339 e. The van der Waals surface area contributed by atoms with Gasteiger partial charge in [0.1, 0.15) is 0 Å². The first-order valence-electron chi connectivity index (χ1n) is 10.7. The topological polar surface area (TPSA) is 75.6 Å². The number of hydrogen-bond acceptors (Lipinski definition) is 4. The zero-order valence-electron chi connectivity index (χ0n) is 18.6. The summed E-state index contributed by atoms with van der Waals surface area (Å²) in [5.74, 6) is -1.81. The molecule has 2 unspecified atom stereocenters. The molecule has 0 radical (unpaired) electrons. The van der Waals surface area contributed by atoms with Gasteiger partial charge in [0.2, 0.25) is 5.60 Å². The van der Waals surface area contributed by atoms with Crippen LogP contribution in [0.3, 0.4) is 0 Å². The van der Waals surface area contributed by atoms with Crippen molar-refractivity contribution in [1.29, 1.82) is 0 Å². The molecule has 2 N–H and O–H groups in total. The van der Waals surface area contributed by atoms with Crippen molar-refractivity contribution < 1.29 is 19.4 Å². The largest absolute Gasteiger partial charge is 0.507 e. The predicted octanol–water partition coefficient (Wildman–Crippen LogP) is 4.69. The van der Waals surface area contributed by atoms with Crippen molar-refractivity contribution in [3.05, 3.63) is 83.1 Å². The number of rotatable bonds is 7. The molecule has 0 fully saturated rings. The summed E-state index contributed by atoms with van der Waals surface area (Å²) in [5.41, 5.74) is 0.133. The van der Waals surface area contributed by atoms with E-state index in [1.54, 1.807) is 0 Å². The van der Waals surface area contributed by atoms with Crippen LogP contribution in [-0.4, -0.2) is 29.1 Å². The predicted molar refractivity (Wildman–Crippen MR) is 121 cm³/mol. The summed E-state index contributed by atoms with van der Waals surface area (Å²) >= 11 is 0. The highest BCUT2D eigenvalue weighted by Crippen LogP contribution is 2.41. The highest BCUT2D eigenvalue weighted by atomic mass is 16.6. The Hall–Kier alpha value is -3.08. The quantitative estimate of drug-likeness (QED) is 0.636. The van der Waals surface area contributed by atoms with Crippen molar-refractivity contribution in [3.63, 3.8) is 0 Å². The zero-order chi connectivity index (χ0) is 22.6. The first-order valence-corrected chi connectivity index (χ1v) is 10.7. The van der Waals surface area contributed by atoms with Crippen LogP contribution in [0.1, 0.15) is 51.2 Å². The summed E-state index contributed by atoms with van der Waals surface area (Å²) in [7, 11) is 0. The normalized spacial score (nSPS) is 19.8. The molecule has 2 aromatic rings. The van der Waals surface area contributed by atoms with Crippen LogP contribution >= 0.6 is 0 Å². The third kappa shape index (κ3) is 4.98. The lowest BCUT2D eigenvalue weighted by Gasteiger charge is -2.29.